The molecule has 86 valence electrons. The predicted molar refractivity (Wildman–Crippen MR) is 56.4 cm³/mol. The fourth-order valence-electron chi connectivity index (χ4n) is 1.68. The zero-order chi connectivity index (χ0) is 11.0. The number of hydrogen-bond acceptors (Lipinski definition) is 5. The fraction of sp³-hybridized carbons (Fsp3) is 0.455. The first kappa shape index (κ1) is 9.59. The smallest absolute Gasteiger partial charge is 0.231 e. The molecule has 1 aromatic rings. The van der Waals surface area contributed by atoms with Gasteiger partial charge in [-0.2, -0.15) is 0 Å². The average Bonchev–Trinajstić information content (AvgIpc) is 2.68. The van der Waals surface area contributed by atoms with Gasteiger partial charge in [0.2, 0.25) is 6.79 Å². The van der Waals surface area contributed by atoms with Gasteiger partial charge in [-0.25, -0.2) is 0 Å². The number of fused-ring (bicyclic) bond motifs is 1. The molecule has 1 saturated heterocycles. The Morgan fingerprint density at radius 2 is 1.88 bits per heavy atom. The predicted octanol–water partition coefficient (Wildman–Crippen LogP) is 0.774. The summed E-state index contributed by atoms with van der Waals surface area (Å²) >= 11 is 0. The number of methoxy groups -OCH3 is 1. The van der Waals surface area contributed by atoms with E-state index in [4.69, 9.17) is 18.9 Å². The zero-order valence-corrected chi connectivity index (χ0v) is 8.99. The van der Waals surface area contributed by atoms with Crippen molar-refractivity contribution in [3.63, 3.8) is 0 Å². The second-order valence-corrected chi connectivity index (χ2v) is 3.75. The first-order chi connectivity index (χ1) is 7.86. The quantitative estimate of drug-likeness (QED) is 0.820. The summed E-state index contributed by atoms with van der Waals surface area (Å²) in [4.78, 5) is 0. The van der Waals surface area contributed by atoms with E-state index < -0.39 is 0 Å². The number of ether oxygens (including phenoxy) is 4. The van der Waals surface area contributed by atoms with Gasteiger partial charge >= 0.3 is 0 Å². The van der Waals surface area contributed by atoms with Gasteiger partial charge in [-0.15, -0.1) is 0 Å². The van der Waals surface area contributed by atoms with E-state index in [1.54, 1.807) is 13.2 Å². The Morgan fingerprint density at radius 1 is 1.19 bits per heavy atom. The number of benzene rings is 1. The van der Waals surface area contributed by atoms with Crippen LogP contribution in [0.5, 0.6) is 23.0 Å². The van der Waals surface area contributed by atoms with Crippen molar-refractivity contribution in [2.45, 2.75) is 6.10 Å². The van der Waals surface area contributed by atoms with Gasteiger partial charge in [0.25, 0.3) is 0 Å². The molecule has 2 aliphatic rings. The Balaban J connectivity index is 1.89. The molecule has 0 radical (unpaired) electrons. The van der Waals surface area contributed by atoms with Crippen molar-refractivity contribution in [2.75, 3.05) is 27.0 Å². The van der Waals surface area contributed by atoms with E-state index in [1.807, 2.05) is 6.07 Å². The van der Waals surface area contributed by atoms with Crippen LogP contribution in [0, 0.1) is 0 Å². The molecule has 1 aromatic carbocycles. The monoisotopic (exact) mass is 223 g/mol. The van der Waals surface area contributed by atoms with Crippen molar-refractivity contribution < 1.29 is 18.9 Å². The molecule has 0 spiro atoms. The third kappa shape index (κ3) is 1.53. The molecule has 5 nitrogen and oxygen atoms in total. The van der Waals surface area contributed by atoms with Crippen molar-refractivity contribution in [1.82, 2.24) is 5.32 Å². The lowest BCUT2D eigenvalue weighted by atomic mass is 10.2. The highest BCUT2D eigenvalue weighted by Crippen LogP contribution is 2.42. The summed E-state index contributed by atoms with van der Waals surface area (Å²) in [6, 6.07) is 3.61. The molecule has 0 saturated carbocycles. The molecule has 2 heterocycles. The van der Waals surface area contributed by atoms with Gasteiger partial charge in [0.05, 0.1) is 7.11 Å². The SMILES string of the molecule is COc1cc2c(cc1OC1CNC1)OCO2. The minimum atomic E-state index is 0.217. The summed E-state index contributed by atoms with van der Waals surface area (Å²) in [6.45, 7) is 2.00. The van der Waals surface area contributed by atoms with E-state index in [1.165, 1.54) is 0 Å². The molecule has 0 atom stereocenters. The van der Waals surface area contributed by atoms with E-state index in [-0.39, 0.29) is 12.9 Å². The lowest BCUT2D eigenvalue weighted by Gasteiger charge is -2.28. The van der Waals surface area contributed by atoms with Gasteiger partial charge in [-0.05, 0) is 0 Å². The maximum atomic E-state index is 5.77. The Labute approximate surface area is 93.2 Å². The molecule has 0 bridgehead atoms. The van der Waals surface area contributed by atoms with E-state index in [0.29, 0.717) is 23.0 Å². The van der Waals surface area contributed by atoms with Crippen LogP contribution in [0.2, 0.25) is 0 Å². The number of nitrogens with one attached hydrogen (secondary N) is 1. The number of rotatable bonds is 3. The molecule has 2 aliphatic heterocycles. The molecule has 0 aromatic heterocycles. The maximum absolute atomic E-state index is 5.77. The van der Waals surface area contributed by atoms with E-state index >= 15 is 0 Å². The summed E-state index contributed by atoms with van der Waals surface area (Å²) in [7, 11) is 1.61. The second-order valence-electron chi connectivity index (χ2n) is 3.75. The maximum Gasteiger partial charge on any atom is 0.231 e. The first-order valence-corrected chi connectivity index (χ1v) is 5.22. The van der Waals surface area contributed by atoms with Crippen molar-refractivity contribution in [3.8, 4) is 23.0 Å². The van der Waals surface area contributed by atoms with Crippen LogP contribution < -0.4 is 24.3 Å². The van der Waals surface area contributed by atoms with Crippen LogP contribution in [0.25, 0.3) is 0 Å². The van der Waals surface area contributed by atoms with Gasteiger partial charge in [0.15, 0.2) is 23.0 Å². The molecular weight excluding hydrogens is 210 g/mol. The Hall–Kier alpha value is -1.62. The molecule has 5 heteroatoms. The van der Waals surface area contributed by atoms with E-state index in [2.05, 4.69) is 5.32 Å². The van der Waals surface area contributed by atoms with Crippen molar-refractivity contribution in [2.24, 2.45) is 0 Å². The first-order valence-electron chi connectivity index (χ1n) is 5.22. The number of hydrogen-bond donors (Lipinski definition) is 1. The molecule has 0 unspecified atom stereocenters. The largest absolute Gasteiger partial charge is 0.493 e. The van der Waals surface area contributed by atoms with Crippen molar-refractivity contribution in [1.29, 1.82) is 0 Å². The normalized spacial score (nSPS) is 18.1. The van der Waals surface area contributed by atoms with Gasteiger partial charge in [-0.3, -0.25) is 0 Å². The van der Waals surface area contributed by atoms with E-state index in [9.17, 15) is 0 Å². The highest BCUT2D eigenvalue weighted by Gasteiger charge is 2.23. The molecule has 1 N–H and O–H groups in total. The van der Waals surface area contributed by atoms with Crippen molar-refractivity contribution >= 4 is 0 Å². The van der Waals surface area contributed by atoms with Crippen molar-refractivity contribution in [3.05, 3.63) is 12.1 Å². The Kier molecular flexibility index (Phi) is 2.25. The highest BCUT2D eigenvalue weighted by atomic mass is 16.7. The summed E-state index contributed by atoms with van der Waals surface area (Å²) in [5.41, 5.74) is 0. The van der Waals surface area contributed by atoms with Crippen LogP contribution in [0.15, 0.2) is 12.1 Å². The summed E-state index contributed by atoms with van der Waals surface area (Å²) in [5, 5.41) is 3.15. The van der Waals surface area contributed by atoms with Crippen LogP contribution in [-0.4, -0.2) is 33.1 Å². The molecule has 0 amide bonds. The van der Waals surface area contributed by atoms with Gasteiger partial charge < -0.3 is 24.3 Å². The minimum absolute atomic E-state index is 0.217. The average molecular weight is 223 g/mol. The summed E-state index contributed by atoms with van der Waals surface area (Å²) < 4.78 is 21.6. The summed E-state index contributed by atoms with van der Waals surface area (Å²) in [6.07, 6.45) is 0.217. The lowest BCUT2D eigenvalue weighted by Crippen LogP contribution is -2.50. The third-order valence-electron chi connectivity index (χ3n) is 2.70. The molecular formula is C11H13NO4. The standard InChI is InChI=1S/C11H13NO4/c1-13-8-2-9-10(15-6-14-9)3-11(8)16-7-4-12-5-7/h2-3,7,12H,4-6H2,1H3. The Morgan fingerprint density at radius 3 is 2.44 bits per heavy atom. The van der Waals surface area contributed by atoms with Crippen LogP contribution >= 0.6 is 0 Å². The minimum Gasteiger partial charge on any atom is -0.493 e. The highest BCUT2D eigenvalue weighted by molar-refractivity contribution is 5.55. The third-order valence-corrected chi connectivity index (χ3v) is 2.70. The van der Waals surface area contributed by atoms with E-state index in [0.717, 1.165) is 13.1 Å². The fourth-order valence-corrected chi connectivity index (χ4v) is 1.68. The molecule has 3 rings (SSSR count). The van der Waals surface area contributed by atoms with Crippen LogP contribution in [0.3, 0.4) is 0 Å². The zero-order valence-electron chi connectivity index (χ0n) is 8.99. The summed E-state index contributed by atoms with van der Waals surface area (Å²) in [5.74, 6) is 2.80. The molecule has 1 fully saturated rings. The second kappa shape index (κ2) is 3.75. The van der Waals surface area contributed by atoms with Crippen LogP contribution in [0.1, 0.15) is 0 Å². The van der Waals surface area contributed by atoms with Gasteiger partial charge in [0, 0.05) is 25.2 Å². The lowest BCUT2D eigenvalue weighted by molar-refractivity contribution is 0.137. The van der Waals surface area contributed by atoms with Gasteiger partial charge in [-0.1, -0.05) is 0 Å². The van der Waals surface area contributed by atoms with Crippen LogP contribution in [0.4, 0.5) is 0 Å². The topological polar surface area (TPSA) is 49.0 Å². The van der Waals surface area contributed by atoms with Crippen LogP contribution in [-0.2, 0) is 0 Å². The van der Waals surface area contributed by atoms with Gasteiger partial charge in [0.1, 0.15) is 6.10 Å². The molecule has 0 aliphatic carbocycles. The molecule has 16 heavy (non-hydrogen) atoms. The Bertz CT molecular complexity index is 403.